The van der Waals surface area contributed by atoms with Gasteiger partial charge in [0.25, 0.3) is 0 Å². The van der Waals surface area contributed by atoms with Gasteiger partial charge in [0.05, 0.1) is 5.69 Å². The number of hydrogen-bond donors (Lipinski definition) is 1. The molecule has 0 unspecified atom stereocenters. The van der Waals surface area contributed by atoms with Gasteiger partial charge in [0.1, 0.15) is 0 Å². The third-order valence-corrected chi connectivity index (χ3v) is 3.85. The van der Waals surface area contributed by atoms with Crippen LogP contribution in [0.5, 0.6) is 0 Å². The molecule has 1 aliphatic heterocycles. The van der Waals surface area contributed by atoms with Crippen LogP contribution in [0, 0.1) is 0 Å². The van der Waals surface area contributed by atoms with E-state index in [0.29, 0.717) is 6.04 Å². The van der Waals surface area contributed by atoms with Crippen LogP contribution in [0.1, 0.15) is 12.8 Å². The van der Waals surface area contributed by atoms with E-state index in [1.165, 1.54) is 0 Å². The predicted molar refractivity (Wildman–Crippen MR) is 79.6 cm³/mol. The van der Waals surface area contributed by atoms with Crippen LogP contribution in [0.3, 0.4) is 0 Å². The molecule has 20 heavy (non-hydrogen) atoms. The summed E-state index contributed by atoms with van der Waals surface area (Å²) in [7, 11) is 2.03. The molecule has 1 N–H and O–H groups in total. The molecule has 0 spiro atoms. The summed E-state index contributed by atoms with van der Waals surface area (Å²) in [4.78, 5) is 6.32. The fraction of sp³-hybridized carbons (Fsp3) is 0.400. The van der Waals surface area contributed by atoms with Crippen LogP contribution in [0.2, 0.25) is 0 Å². The Bertz CT molecular complexity index is 532. The third kappa shape index (κ3) is 2.77. The second-order valence-electron chi connectivity index (χ2n) is 5.06. The molecule has 2 aromatic rings. The largest absolute Gasteiger partial charge is 0.355 e. The molecule has 3 rings (SSSR count). The maximum Gasteiger partial charge on any atom is 0.151 e. The van der Waals surface area contributed by atoms with Crippen molar-refractivity contribution in [2.24, 2.45) is 0 Å². The first-order valence-electron chi connectivity index (χ1n) is 7.03. The van der Waals surface area contributed by atoms with Gasteiger partial charge in [-0.05, 0) is 44.2 Å². The molecule has 0 bridgehead atoms. The number of pyridine rings is 1. The van der Waals surface area contributed by atoms with Gasteiger partial charge in [-0.25, -0.2) is 0 Å². The Balaban J connectivity index is 1.71. The van der Waals surface area contributed by atoms with E-state index in [9.17, 15) is 0 Å². The lowest BCUT2D eigenvalue weighted by molar-refractivity contribution is 0.440. The molecule has 1 aliphatic rings. The Morgan fingerprint density at radius 2 is 1.80 bits per heavy atom. The maximum absolute atomic E-state index is 4.36. The summed E-state index contributed by atoms with van der Waals surface area (Å²) in [6.07, 6.45) is 5.86. The molecular weight excluding hydrogens is 250 g/mol. The summed E-state index contributed by atoms with van der Waals surface area (Å²) in [6.45, 7) is 2.07. The van der Waals surface area contributed by atoms with Gasteiger partial charge in [-0.1, -0.05) is 0 Å². The van der Waals surface area contributed by atoms with Crippen LogP contribution in [0.25, 0.3) is 11.3 Å². The summed E-state index contributed by atoms with van der Waals surface area (Å²) in [5.74, 6) is 0.970. The highest BCUT2D eigenvalue weighted by molar-refractivity contribution is 5.58. The Morgan fingerprint density at radius 1 is 1.05 bits per heavy atom. The second kappa shape index (κ2) is 5.96. The van der Waals surface area contributed by atoms with Crippen molar-refractivity contribution < 1.29 is 0 Å². The van der Waals surface area contributed by atoms with Gasteiger partial charge in [-0.15, -0.1) is 10.2 Å². The summed E-state index contributed by atoms with van der Waals surface area (Å²) in [5.41, 5.74) is 1.94. The van der Waals surface area contributed by atoms with E-state index in [-0.39, 0.29) is 0 Å². The fourth-order valence-corrected chi connectivity index (χ4v) is 2.57. The second-order valence-corrected chi connectivity index (χ2v) is 5.06. The predicted octanol–water partition coefficient (Wildman–Crippen LogP) is 1.73. The number of anilines is 1. The van der Waals surface area contributed by atoms with E-state index in [0.717, 1.165) is 43.0 Å². The van der Waals surface area contributed by atoms with Crippen LogP contribution >= 0.6 is 0 Å². The SMILES string of the molecule is CNC1CCN(c2ccc(-c3ccncc3)nn2)CC1. The van der Waals surface area contributed by atoms with E-state index < -0.39 is 0 Å². The lowest BCUT2D eigenvalue weighted by Gasteiger charge is -2.32. The molecular formula is C15H19N5. The monoisotopic (exact) mass is 269 g/mol. The highest BCUT2D eigenvalue weighted by Crippen LogP contribution is 2.20. The molecule has 104 valence electrons. The Hall–Kier alpha value is -2.01. The van der Waals surface area contributed by atoms with Crippen molar-refractivity contribution in [2.45, 2.75) is 18.9 Å². The zero-order valence-corrected chi connectivity index (χ0v) is 11.7. The van der Waals surface area contributed by atoms with Gasteiger partial charge in [0, 0.05) is 37.1 Å². The van der Waals surface area contributed by atoms with E-state index in [4.69, 9.17) is 0 Å². The maximum atomic E-state index is 4.36. The number of piperidine rings is 1. The molecule has 0 aromatic carbocycles. The first kappa shape index (κ1) is 13.0. The van der Waals surface area contributed by atoms with Crippen LogP contribution in [0.4, 0.5) is 5.82 Å². The summed E-state index contributed by atoms with van der Waals surface area (Å²) < 4.78 is 0. The fourth-order valence-electron chi connectivity index (χ4n) is 2.57. The first-order chi connectivity index (χ1) is 9.86. The smallest absolute Gasteiger partial charge is 0.151 e. The number of aromatic nitrogens is 3. The number of rotatable bonds is 3. The third-order valence-electron chi connectivity index (χ3n) is 3.85. The molecule has 5 heteroatoms. The van der Waals surface area contributed by atoms with Gasteiger partial charge in [-0.2, -0.15) is 0 Å². The minimum atomic E-state index is 0.635. The van der Waals surface area contributed by atoms with E-state index in [1.54, 1.807) is 12.4 Å². The van der Waals surface area contributed by atoms with Crippen molar-refractivity contribution in [2.75, 3.05) is 25.0 Å². The van der Waals surface area contributed by atoms with Gasteiger partial charge >= 0.3 is 0 Å². The molecule has 0 radical (unpaired) electrons. The number of nitrogens with one attached hydrogen (secondary N) is 1. The van der Waals surface area contributed by atoms with Gasteiger partial charge in [0.2, 0.25) is 0 Å². The topological polar surface area (TPSA) is 53.9 Å². The van der Waals surface area contributed by atoms with Gasteiger partial charge < -0.3 is 10.2 Å². The quantitative estimate of drug-likeness (QED) is 0.919. The summed E-state index contributed by atoms with van der Waals surface area (Å²) >= 11 is 0. The summed E-state index contributed by atoms with van der Waals surface area (Å²) in [5, 5.41) is 12.0. The van der Waals surface area contributed by atoms with E-state index in [1.807, 2.05) is 25.2 Å². The van der Waals surface area contributed by atoms with Crippen LogP contribution in [0.15, 0.2) is 36.7 Å². The number of nitrogens with zero attached hydrogens (tertiary/aromatic N) is 4. The van der Waals surface area contributed by atoms with Crippen molar-refractivity contribution in [3.63, 3.8) is 0 Å². The lowest BCUT2D eigenvalue weighted by Crippen LogP contribution is -2.41. The van der Waals surface area contributed by atoms with Crippen LogP contribution in [-0.2, 0) is 0 Å². The summed E-state index contributed by atoms with van der Waals surface area (Å²) in [6, 6.07) is 8.62. The molecule has 0 atom stereocenters. The van der Waals surface area contributed by atoms with Crippen molar-refractivity contribution in [1.29, 1.82) is 0 Å². The minimum Gasteiger partial charge on any atom is -0.355 e. The van der Waals surface area contributed by atoms with Crippen molar-refractivity contribution in [1.82, 2.24) is 20.5 Å². The average Bonchev–Trinajstić information content (AvgIpc) is 2.56. The highest BCUT2D eigenvalue weighted by Gasteiger charge is 2.18. The lowest BCUT2D eigenvalue weighted by atomic mass is 10.1. The Labute approximate surface area is 119 Å². The van der Waals surface area contributed by atoms with Crippen LogP contribution < -0.4 is 10.2 Å². The Morgan fingerprint density at radius 3 is 2.40 bits per heavy atom. The molecule has 1 fully saturated rings. The van der Waals surface area contributed by atoms with Crippen LogP contribution in [-0.4, -0.2) is 41.4 Å². The molecule has 0 saturated carbocycles. The van der Waals surface area contributed by atoms with Gasteiger partial charge in [-0.3, -0.25) is 4.98 Å². The number of hydrogen-bond acceptors (Lipinski definition) is 5. The zero-order chi connectivity index (χ0) is 13.8. The highest BCUT2D eigenvalue weighted by atomic mass is 15.3. The van der Waals surface area contributed by atoms with E-state index >= 15 is 0 Å². The molecule has 3 heterocycles. The van der Waals surface area contributed by atoms with Gasteiger partial charge in [0.15, 0.2) is 5.82 Å². The normalized spacial score (nSPS) is 16.4. The van der Waals surface area contributed by atoms with Crippen molar-refractivity contribution in [3.8, 4) is 11.3 Å². The van der Waals surface area contributed by atoms with E-state index in [2.05, 4.69) is 31.5 Å². The molecule has 0 amide bonds. The molecule has 5 nitrogen and oxygen atoms in total. The zero-order valence-electron chi connectivity index (χ0n) is 11.7. The molecule has 1 saturated heterocycles. The standard InChI is InChI=1S/C15H19N5/c1-16-13-6-10-20(11-7-13)15-3-2-14(18-19-15)12-4-8-17-9-5-12/h2-5,8-9,13,16H,6-7,10-11H2,1H3. The Kier molecular flexibility index (Phi) is 3.87. The first-order valence-corrected chi connectivity index (χ1v) is 7.03. The molecule has 0 aliphatic carbocycles. The molecule has 2 aromatic heterocycles. The van der Waals surface area contributed by atoms with Crippen molar-refractivity contribution >= 4 is 5.82 Å². The average molecular weight is 269 g/mol. The van der Waals surface area contributed by atoms with Crippen molar-refractivity contribution in [3.05, 3.63) is 36.7 Å². The minimum absolute atomic E-state index is 0.635.